The molecule has 1 atom stereocenters. The van der Waals surface area contributed by atoms with Crippen LogP contribution >= 0.6 is 15.9 Å². The molecule has 1 aromatic carbocycles. The molecule has 1 amide bonds. The van der Waals surface area contributed by atoms with Gasteiger partial charge in [0.15, 0.2) is 11.8 Å². The SMILES string of the molecule is CC[C@@H]([NH+]=C1NS(=O)(=O)N=C1Nc1ccc(Br)c(C(=O)N(C)C)c1O)c1ccc(C)o1. The predicted octanol–water partition coefficient (Wildman–Crippen LogP) is 1.05. The molecule has 0 spiro atoms. The van der Waals surface area contributed by atoms with Crippen LogP contribution in [0.4, 0.5) is 5.69 Å². The molecule has 4 N–H and O–H groups in total. The Bertz CT molecular complexity index is 1190. The molecule has 31 heavy (non-hydrogen) atoms. The molecule has 0 saturated heterocycles. The van der Waals surface area contributed by atoms with E-state index < -0.39 is 16.1 Å². The first-order chi connectivity index (χ1) is 14.5. The van der Waals surface area contributed by atoms with E-state index in [0.29, 0.717) is 16.7 Å². The summed E-state index contributed by atoms with van der Waals surface area (Å²) >= 11 is 3.26. The Balaban J connectivity index is 1.99. The lowest BCUT2D eigenvalue weighted by Gasteiger charge is -2.15. The van der Waals surface area contributed by atoms with Crippen LogP contribution in [0, 0.1) is 6.92 Å². The number of amides is 1. The molecule has 2 heterocycles. The maximum atomic E-state index is 12.4. The minimum Gasteiger partial charge on any atom is -0.505 e. The molecule has 10 nitrogen and oxygen atoms in total. The summed E-state index contributed by atoms with van der Waals surface area (Å²) < 4.78 is 36.3. The van der Waals surface area contributed by atoms with Crippen molar-refractivity contribution in [2.24, 2.45) is 4.40 Å². The normalized spacial score (nSPS) is 17.2. The number of carbonyl (C=O) groups excluding carboxylic acids is 1. The van der Waals surface area contributed by atoms with Gasteiger partial charge in [-0.15, -0.1) is 4.72 Å². The largest absolute Gasteiger partial charge is 0.505 e. The van der Waals surface area contributed by atoms with Crippen molar-refractivity contribution in [2.75, 3.05) is 19.4 Å². The average molecular weight is 513 g/mol. The third-order valence-electron chi connectivity index (χ3n) is 4.51. The second-order valence-corrected chi connectivity index (χ2v) is 9.28. The number of amidine groups is 2. The molecule has 0 saturated carbocycles. The maximum absolute atomic E-state index is 12.4. The highest BCUT2D eigenvalue weighted by molar-refractivity contribution is 9.10. The molecule has 0 fully saturated rings. The quantitative estimate of drug-likeness (QED) is 0.441. The molecule has 166 valence electrons. The Hall–Kier alpha value is -2.86. The molecule has 1 aromatic heterocycles. The average Bonchev–Trinajstić information content (AvgIpc) is 3.24. The monoisotopic (exact) mass is 512 g/mol. The van der Waals surface area contributed by atoms with E-state index in [4.69, 9.17) is 4.42 Å². The Morgan fingerprint density at radius 1 is 1.35 bits per heavy atom. The number of hydrogen-bond acceptors (Lipinski definition) is 6. The van der Waals surface area contributed by atoms with Gasteiger partial charge in [-0.25, -0.2) is 0 Å². The third-order valence-corrected chi connectivity index (χ3v) is 6.06. The van der Waals surface area contributed by atoms with Crippen LogP contribution < -0.4 is 15.0 Å². The number of furan rings is 1. The minimum atomic E-state index is -3.98. The number of nitrogens with zero attached hydrogens (tertiary/aromatic N) is 2. The van der Waals surface area contributed by atoms with Gasteiger partial charge in [-0.1, -0.05) is 11.3 Å². The number of phenols is 1. The van der Waals surface area contributed by atoms with Crippen LogP contribution in [-0.4, -0.2) is 50.1 Å². The lowest BCUT2D eigenvalue weighted by atomic mass is 10.1. The topological polar surface area (TPSA) is 138 Å². The molecule has 12 heteroatoms. The van der Waals surface area contributed by atoms with Gasteiger partial charge in [0.05, 0.1) is 11.3 Å². The van der Waals surface area contributed by atoms with Crippen molar-refractivity contribution in [1.29, 1.82) is 0 Å². The number of benzene rings is 1. The number of rotatable bonds is 5. The van der Waals surface area contributed by atoms with Gasteiger partial charge in [0.25, 0.3) is 5.91 Å². The summed E-state index contributed by atoms with van der Waals surface area (Å²) in [6, 6.07) is 6.39. The van der Waals surface area contributed by atoms with Gasteiger partial charge >= 0.3 is 16.0 Å². The van der Waals surface area contributed by atoms with Crippen LogP contribution in [0.15, 0.2) is 37.6 Å². The lowest BCUT2D eigenvalue weighted by molar-refractivity contribution is -0.513. The number of nitrogens with one attached hydrogen (secondary N) is 3. The maximum Gasteiger partial charge on any atom is 0.418 e. The van der Waals surface area contributed by atoms with Crippen molar-refractivity contribution in [3.63, 3.8) is 0 Å². The molecule has 0 bridgehead atoms. The first-order valence-electron chi connectivity index (χ1n) is 9.35. The molecule has 2 aromatic rings. The molecule has 0 radical (unpaired) electrons. The molecule has 0 unspecified atom stereocenters. The van der Waals surface area contributed by atoms with Crippen molar-refractivity contribution in [3.8, 4) is 5.75 Å². The fraction of sp³-hybridized carbons (Fsp3) is 0.316. The van der Waals surface area contributed by atoms with Crippen LogP contribution in [0.25, 0.3) is 0 Å². The van der Waals surface area contributed by atoms with Crippen LogP contribution in [0.3, 0.4) is 0 Å². The molecule has 0 aliphatic carbocycles. The first kappa shape index (κ1) is 22.8. The van der Waals surface area contributed by atoms with E-state index in [2.05, 4.69) is 35.4 Å². The minimum absolute atomic E-state index is 0.0383. The smallest absolute Gasteiger partial charge is 0.418 e. The summed E-state index contributed by atoms with van der Waals surface area (Å²) in [6.45, 7) is 3.74. The Kier molecular flexibility index (Phi) is 6.41. The van der Waals surface area contributed by atoms with E-state index in [1.54, 1.807) is 20.2 Å². The number of hydrogen-bond donors (Lipinski definition) is 4. The van der Waals surface area contributed by atoms with E-state index in [-0.39, 0.29) is 34.7 Å². The fourth-order valence-corrected chi connectivity index (χ4v) is 4.29. The second-order valence-electron chi connectivity index (χ2n) is 7.09. The first-order valence-corrected chi connectivity index (χ1v) is 11.6. The Morgan fingerprint density at radius 2 is 2.06 bits per heavy atom. The number of aromatic hydroxyl groups is 1. The zero-order valence-electron chi connectivity index (χ0n) is 17.4. The standard InChI is InChI=1S/C19H22BrN5O5S/c1-5-12(14-9-6-10(2)30-14)21-17-18(24-31(28,29)23-17)22-13-8-7-11(20)15(16(13)26)19(27)25(3)4/h6-9,12,26H,5H2,1-4H3,(H,21,23)(H,22,24)/p+1/t12-/m1/s1. The molecule has 3 rings (SSSR count). The number of carbonyl (C=O) groups is 1. The van der Waals surface area contributed by atoms with Crippen molar-refractivity contribution in [1.82, 2.24) is 9.62 Å². The van der Waals surface area contributed by atoms with Crippen LogP contribution in [-0.2, 0) is 10.2 Å². The summed E-state index contributed by atoms with van der Waals surface area (Å²) in [7, 11) is -0.860. The Labute approximate surface area is 188 Å². The van der Waals surface area contributed by atoms with Crippen molar-refractivity contribution < 1.29 is 27.7 Å². The third kappa shape index (κ3) is 4.90. The van der Waals surface area contributed by atoms with Crippen LogP contribution in [0.5, 0.6) is 5.75 Å². The van der Waals surface area contributed by atoms with E-state index in [1.807, 2.05) is 26.0 Å². The van der Waals surface area contributed by atoms with E-state index >= 15 is 0 Å². The zero-order valence-corrected chi connectivity index (χ0v) is 19.8. The van der Waals surface area contributed by atoms with Crippen molar-refractivity contribution >= 4 is 49.4 Å². The van der Waals surface area contributed by atoms with Gasteiger partial charge in [0.1, 0.15) is 11.5 Å². The van der Waals surface area contributed by atoms with E-state index in [9.17, 15) is 18.3 Å². The highest BCUT2D eigenvalue weighted by Gasteiger charge is 2.35. The number of anilines is 1. The molecule has 1 aliphatic heterocycles. The summed E-state index contributed by atoms with van der Waals surface area (Å²) in [6.07, 6.45) is 0.608. The number of phenolic OH excluding ortho intramolecular Hbond substituents is 1. The summed E-state index contributed by atoms with van der Waals surface area (Å²) in [5.74, 6) is 0.661. The van der Waals surface area contributed by atoms with Gasteiger partial charge in [0, 0.05) is 18.6 Å². The predicted molar refractivity (Wildman–Crippen MR) is 119 cm³/mol. The van der Waals surface area contributed by atoms with Crippen LogP contribution in [0.2, 0.25) is 0 Å². The summed E-state index contributed by atoms with van der Waals surface area (Å²) in [5.41, 5.74) is 0.156. The zero-order chi connectivity index (χ0) is 22.9. The number of halogens is 1. The fourth-order valence-electron chi connectivity index (χ4n) is 2.96. The van der Waals surface area contributed by atoms with Crippen LogP contribution in [0.1, 0.15) is 41.3 Å². The van der Waals surface area contributed by atoms with Gasteiger partial charge in [-0.3, -0.25) is 9.79 Å². The highest BCUT2D eigenvalue weighted by atomic mass is 79.9. The molecular weight excluding hydrogens is 490 g/mol. The van der Waals surface area contributed by atoms with Gasteiger partial charge in [0.2, 0.25) is 5.84 Å². The number of aryl methyl sites for hydroxylation is 1. The highest BCUT2D eigenvalue weighted by Crippen LogP contribution is 2.34. The van der Waals surface area contributed by atoms with E-state index in [1.165, 1.54) is 11.0 Å². The van der Waals surface area contributed by atoms with E-state index in [0.717, 1.165) is 5.76 Å². The van der Waals surface area contributed by atoms with Gasteiger partial charge in [-0.05, 0) is 53.5 Å². The van der Waals surface area contributed by atoms with Crippen molar-refractivity contribution in [3.05, 3.63) is 45.8 Å². The summed E-state index contributed by atoms with van der Waals surface area (Å²) in [4.78, 5) is 16.8. The molecule has 1 aliphatic rings. The molecular formula is C19H23BrN5O5S+. The van der Waals surface area contributed by atoms with Crippen molar-refractivity contribution in [2.45, 2.75) is 26.3 Å². The van der Waals surface area contributed by atoms with Gasteiger partial charge in [-0.2, -0.15) is 8.42 Å². The lowest BCUT2D eigenvalue weighted by Crippen LogP contribution is -2.78. The Morgan fingerprint density at radius 3 is 2.65 bits per heavy atom. The summed E-state index contributed by atoms with van der Waals surface area (Å²) in [5, 5.41) is 13.5. The van der Waals surface area contributed by atoms with Gasteiger partial charge < -0.3 is 19.7 Å². The second kappa shape index (κ2) is 8.71.